The van der Waals surface area contributed by atoms with E-state index in [1.165, 1.54) is 0 Å². The average molecular weight is 275 g/mol. The molecule has 2 heterocycles. The molecule has 0 unspecified atom stereocenters. The van der Waals surface area contributed by atoms with Crippen LogP contribution in [-0.4, -0.2) is 41.1 Å². The molecule has 2 N–H and O–H groups in total. The van der Waals surface area contributed by atoms with E-state index in [0.717, 1.165) is 17.7 Å². The van der Waals surface area contributed by atoms with Crippen LogP contribution in [0.3, 0.4) is 0 Å². The maximum absolute atomic E-state index is 11.8. The van der Waals surface area contributed by atoms with E-state index < -0.39 is 5.60 Å². The van der Waals surface area contributed by atoms with Crippen LogP contribution in [0, 0.1) is 0 Å². The highest BCUT2D eigenvalue weighted by Gasteiger charge is 2.22. The zero-order chi connectivity index (χ0) is 14.8. The topological polar surface area (TPSA) is 68.5 Å². The lowest BCUT2D eigenvalue weighted by atomic mass is 10.1. The molecule has 0 spiro atoms. The van der Waals surface area contributed by atoms with Gasteiger partial charge >= 0.3 is 5.97 Å². The molecule has 0 atom stereocenters. The summed E-state index contributed by atoms with van der Waals surface area (Å²) in [6, 6.07) is 1.90. The predicted molar refractivity (Wildman–Crippen MR) is 78.9 cm³/mol. The highest BCUT2D eigenvalue weighted by molar-refractivity contribution is 5.75. The number of hydrogen-bond donors (Lipinski definition) is 1. The highest BCUT2D eigenvalue weighted by Crippen LogP contribution is 2.21. The third kappa shape index (κ3) is 4.06. The zero-order valence-corrected chi connectivity index (χ0v) is 12.2. The summed E-state index contributed by atoms with van der Waals surface area (Å²) in [5, 5.41) is 0. The molecule has 0 aromatic carbocycles. The van der Waals surface area contributed by atoms with E-state index in [9.17, 15) is 4.79 Å². The molecule has 5 nitrogen and oxygen atoms in total. The summed E-state index contributed by atoms with van der Waals surface area (Å²) in [5.41, 5.74) is 8.10. The Labute approximate surface area is 119 Å². The van der Waals surface area contributed by atoms with Crippen molar-refractivity contribution in [1.29, 1.82) is 0 Å². The lowest BCUT2D eigenvalue weighted by molar-refractivity contribution is -0.155. The summed E-state index contributed by atoms with van der Waals surface area (Å²) >= 11 is 0. The molecule has 2 rings (SSSR count). The van der Waals surface area contributed by atoms with Gasteiger partial charge in [0.1, 0.15) is 5.60 Å². The standard InChI is InChI=1S/C15H21N3O2/c1-15(2,3)20-14(19)10-18-5-4-11(9-18)12-6-13(16)8-17-7-12/h4,6-8H,5,9-10,16H2,1-3H3. The average Bonchev–Trinajstić information content (AvgIpc) is 2.74. The van der Waals surface area contributed by atoms with Gasteiger partial charge in [0, 0.05) is 25.5 Å². The van der Waals surface area contributed by atoms with Crippen LogP contribution in [0.1, 0.15) is 26.3 Å². The molecule has 1 aliphatic heterocycles. The minimum Gasteiger partial charge on any atom is -0.459 e. The van der Waals surface area contributed by atoms with Crippen molar-refractivity contribution < 1.29 is 9.53 Å². The Morgan fingerprint density at radius 2 is 2.20 bits per heavy atom. The maximum atomic E-state index is 11.8. The van der Waals surface area contributed by atoms with Crippen molar-refractivity contribution >= 4 is 17.2 Å². The van der Waals surface area contributed by atoms with Crippen molar-refractivity contribution in [3.63, 3.8) is 0 Å². The number of carbonyl (C=O) groups is 1. The van der Waals surface area contributed by atoms with Gasteiger partial charge in [0.25, 0.3) is 0 Å². The molecule has 5 heteroatoms. The largest absolute Gasteiger partial charge is 0.459 e. The zero-order valence-electron chi connectivity index (χ0n) is 12.2. The molecule has 108 valence electrons. The number of pyridine rings is 1. The molecule has 0 saturated heterocycles. The van der Waals surface area contributed by atoms with Crippen LogP contribution in [0.15, 0.2) is 24.5 Å². The summed E-state index contributed by atoms with van der Waals surface area (Å²) < 4.78 is 5.32. The quantitative estimate of drug-likeness (QED) is 0.850. The Kier molecular flexibility index (Phi) is 4.09. The molecule has 0 bridgehead atoms. The molecule has 20 heavy (non-hydrogen) atoms. The van der Waals surface area contributed by atoms with E-state index in [-0.39, 0.29) is 5.97 Å². The van der Waals surface area contributed by atoms with E-state index in [4.69, 9.17) is 10.5 Å². The molecule has 0 aliphatic carbocycles. The number of aromatic nitrogens is 1. The molecule has 0 saturated carbocycles. The van der Waals surface area contributed by atoms with E-state index in [1.54, 1.807) is 12.4 Å². The van der Waals surface area contributed by atoms with Crippen LogP contribution in [-0.2, 0) is 9.53 Å². The van der Waals surface area contributed by atoms with Crippen LogP contribution in [0.4, 0.5) is 5.69 Å². The van der Waals surface area contributed by atoms with E-state index in [1.807, 2.05) is 31.7 Å². The van der Waals surface area contributed by atoms with Gasteiger partial charge in [-0.25, -0.2) is 0 Å². The number of anilines is 1. The summed E-state index contributed by atoms with van der Waals surface area (Å²) in [6.07, 6.45) is 5.51. The van der Waals surface area contributed by atoms with Crippen molar-refractivity contribution in [2.45, 2.75) is 26.4 Å². The van der Waals surface area contributed by atoms with Gasteiger partial charge in [-0.15, -0.1) is 0 Å². The van der Waals surface area contributed by atoms with E-state index in [0.29, 0.717) is 18.8 Å². The van der Waals surface area contributed by atoms with Gasteiger partial charge in [0.2, 0.25) is 0 Å². The fourth-order valence-electron chi connectivity index (χ4n) is 2.13. The molecule has 1 aromatic rings. The minimum absolute atomic E-state index is 0.196. The summed E-state index contributed by atoms with van der Waals surface area (Å²) in [7, 11) is 0. The Morgan fingerprint density at radius 3 is 2.85 bits per heavy atom. The van der Waals surface area contributed by atoms with Gasteiger partial charge in [-0.3, -0.25) is 14.7 Å². The first kappa shape index (κ1) is 14.5. The minimum atomic E-state index is -0.440. The molecule has 0 radical (unpaired) electrons. The first-order valence-electron chi connectivity index (χ1n) is 6.67. The summed E-state index contributed by atoms with van der Waals surface area (Å²) in [4.78, 5) is 17.9. The van der Waals surface area contributed by atoms with Gasteiger partial charge in [-0.05, 0) is 38.0 Å². The van der Waals surface area contributed by atoms with Gasteiger partial charge in [-0.2, -0.15) is 0 Å². The highest BCUT2D eigenvalue weighted by atomic mass is 16.6. The monoisotopic (exact) mass is 275 g/mol. The lowest BCUT2D eigenvalue weighted by Gasteiger charge is -2.22. The van der Waals surface area contributed by atoms with E-state index in [2.05, 4.69) is 11.1 Å². The number of rotatable bonds is 3. The van der Waals surface area contributed by atoms with Gasteiger partial charge in [0.05, 0.1) is 12.2 Å². The Balaban J connectivity index is 1.90. The molecule has 0 amide bonds. The SMILES string of the molecule is CC(C)(C)OC(=O)CN1CC=C(c2cncc(N)c2)C1. The third-order valence-electron chi connectivity index (χ3n) is 2.89. The molecule has 1 aromatic heterocycles. The fraction of sp³-hybridized carbons (Fsp3) is 0.467. The van der Waals surface area contributed by atoms with Crippen molar-refractivity contribution in [1.82, 2.24) is 9.88 Å². The lowest BCUT2D eigenvalue weighted by Crippen LogP contribution is -2.33. The second kappa shape index (κ2) is 5.63. The smallest absolute Gasteiger partial charge is 0.320 e. The number of ether oxygens (including phenoxy) is 1. The molecule has 0 fully saturated rings. The molecule has 1 aliphatic rings. The van der Waals surface area contributed by atoms with Crippen molar-refractivity contribution in [3.8, 4) is 0 Å². The van der Waals surface area contributed by atoms with Crippen LogP contribution in [0.25, 0.3) is 5.57 Å². The third-order valence-corrected chi connectivity index (χ3v) is 2.89. The first-order valence-corrected chi connectivity index (χ1v) is 6.67. The second-order valence-electron chi connectivity index (χ2n) is 5.99. The van der Waals surface area contributed by atoms with Crippen LogP contribution < -0.4 is 5.73 Å². The number of nitrogens with zero attached hydrogens (tertiary/aromatic N) is 2. The van der Waals surface area contributed by atoms with Crippen molar-refractivity contribution in [2.75, 3.05) is 25.4 Å². The Bertz CT molecular complexity index is 532. The number of esters is 1. The summed E-state index contributed by atoms with van der Waals surface area (Å²) in [5.74, 6) is -0.196. The van der Waals surface area contributed by atoms with Crippen LogP contribution in [0.5, 0.6) is 0 Å². The van der Waals surface area contributed by atoms with Crippen molar-refractivity contribution in [2.24, 2.45) is 0 Å². The fourth-order valence-corrected chi connectivity index (χ4v) is 2.13. The van der Waals surface area contributed by atoms with Gasteiger partial charge in [0.15, 0.2) is 0 Å². The normalized spacial score (nSPS) is 16.1. The van der Waals surface area contributed by atoms with E-state index >= 15 is 0 Å². The van der Waals surface area contributed by atoms with Crippen LogP contribution >= 0.6 is 0 Å². The van der Waals surface area contributed by atoms with Gasteiger partial charge < -0.3 is 10.5 Å². The Hall–Kier alpha value is -1.88. The molecular weight excluding hydrogens is 254 g/mol. The van der Waals surface area contributed by atoms with Crippen molar-refractivity contribution in [3.05, 3.63) is 30.1 Å². The second-order valence-corrected chi connectivity index (χ2v) is 5.99. The maximum Gasteiger partial charge on any atom is 0.320 e. The van der Waals surface area contributed by atoms with Gasteiger partial charge in [-0.1, -0.05) is 6.08 Å². The first-order chi connectivity index (χ1) is 9.33. The number of nitrogen functional groups attached to an aromatic ring is 1. The number of hydrogen-bond acceptors (Lipinski definition) is 5. The molecular formula is C15H21N3O2. The summed E-state index contributed by atoms with van der Waals surface area (Å²) in [6.45, 7) is 7.37. The Morgan fingerprint density at radius 1 is 1.45 bits per heavy atom. The predicted octanol–water partition coefficient (Wildman–Crippen LogP) is 1.70. The van der Waals surface area contributed by atoms with Crippen LogP contribution in [0.2, 0.25) is 0 Å². The number of nitrogens with two attached hydrogens (primary N) is 1. The number of carbonyl (C=O) groups excluding carboxylic acids is 1.